The minimum Gasteiger partial charge on any atom is -0.330 e. The molecule has 2 rings (SSSR count). The van der Waals surface area contributed by atoms with E-state index in [1.165, 1.54) is 56.9 Å². The predicted molar refractivity (Wildman–Crippen MR) is 74.0 cm³/mol. The van der Waals surface area contributed by atoms with Gasteiger partial charge in [0, 0.05) is 0 Å². The van der Waals surface area contributed by atoms with Crippen LogP contribution in [-0.2, 0) is 6.42 Å². The molecule has 0 radical (unpaired) electrons. The molecule has 1 aromatic rings. The molecule has 1 nitrogen and oxygen atoms in total. The van der Waals surface area contributed by atoms with Gasteiger partial charge < -0.3 is 5.73 Å². The van der Waals surface area contributed by atoms with Crippen molar-refractivity contribution < 1.29 is 0 Å². The highest BCUT2D eigenvalue weighted by molar-refractivity contribution is 5.15. The van der Waals surface area contributed by atoms with Gasteiger partial charge in [-0.15, -0.1) is 0 Å². The van der Waals surface area contributed by atoms with Crippen LogP contribution in [0.3, 0.4) is 0 Å². The fourth-order valence-electron chi connectivity index (χ4n) is 3.29. The molecule has 1 aliphatic carbocycles. The van der Waals surface area contributed by atoms with E-state index in [-0.39, 0.29) is 0 Å². The van der Waals surface area contributed by atoms with Gasteiger partial charge in [0.15, 0.2) is 0 Å². The standard InChI is InChI=1S/C16H25N/c17-14-13-16(10-5-2-6-11-16)12-9-15-7-3-1-4-8-15/h1,3-4,7-8H,2,5-6,9-14,17H2. The molecule has 1 saturated carbocycles. The van der Waals surface area contributed by atoms with E-state index in [0.29, 0.717) is 5.41 Å². The van der Waals surface area contributed by atoms with Gasteiger partial charge in [-0.1, -0.05) is 49.6 Å². The van der Waals surface area contributed by atoms with Crippen molar-refractivity contribution in [1.82, 2.24) is 0 Å². The van der Waals surface area contributed by atoms with Gasteiger partial charge in [-0.05, 0) is 49.6 Å². The summed E-state index contributed by atoms with van der Waals surface area (Å²) in [6, 6.07) is 10.9. The molecule has 0 amide bonds. The molecule has 17 heavy (non-hydrogen) atoms. The number of aryl methyl sites for hydroxylation is 1. The minimum absolute atomic E-state index is 0.558. The van der Waals surface area contributed by atoms with Crippen molar-refractivity contribution in [1.29, 1.82) is 0 Å². The zero-order chi connectivity index (χ0) is 12.0. The van der Waals surface area contributed by atoms with Gasteiger partial charge in [0.1, 0.15) is 0 Å². The lowest BCUT2D eigenvalue weighted by atomic mass is 9.68. The summed E-state index contributed by atoms with van der Waals surface area (Å²) in [5.41, 5.74) is 7.85. The van der Waals surface area contributed by atoms with E-state index in [1.54, 1.807) is 0 Å². The van der Waals surface area contributed by atoms with Gasteiger partial charge in [-0.25, -0.2) is 0 Å². The third-order valence-electron chi connectivity index (χ3n) is 4.38. The van der Waals surface area contributed by atoms with Crippen LogP contribution in [0, 0.1) is 5.41 Å². The van der Waals surface area contributed by atoms with Crippen LogP contribution in [0.1, 0.15) is 50.5 Å². The first-order valence-corrected chi connectivity index (χ1v) is 7.09. The van der Waals surface area contributed by atoms with E-state index in [0.717, 1.165) is 6.54 Å². The summed E-state index contributed by atoms with van der Waals surface area (Å²) >= 11 is 0. The van der Waals surface area contributed by atoms with Crippen LogP contribution in [0.25, 0.3) is 0 Å². The van der Waals surface area contributed by atoms with Crippen LogP contribution < -0.4 is 5.73 Å². The van der Waals surface area contributed by atoms with Crippen molar-refractivity contribution in [3.63, 3.8) is 0 Å². The Morgan fingerprint density at radius 3 is 2.29 bits per heavy atom. The van der Waals surface area contributed by atoms with E-state index in [1.807, 2.05) is 0 Å². The molecule has 0 aromatic heterocycles. The molecule has 1 aromatic carbocycles. The number of benzene rings is 1. The highest BCUT2D eigenvalue weighted by Gasteiger charge is 2.30. The highest BCUT2D eigenvalue weighted by atomic mass is 14.5. The Labute approximate surface area is 105 Å². The fourth-order valence-corrected chi connectivity index (χ4v) is 3.29. The second-order valence-corrected chi connectivity index (χ2v) is 5.58. The van der Waals surface area contributed by atoms with Crippen molar-refractivity contribution in [2.75, 3.05) is 6.54 Å². The van der Waals surface area contributed by atoms with Crippen molar-refractivity contribution in [2.24, 2.45) is 11.1 Å². The van der Waals surface area contributed by atoms with Crippen LogP contribution in [0.5, 0.6) is 0 Å². The van der Waals surface area contributed by atoms with E-state index in [4.69, 9.17) is 5.73 Å². The summed E-state index contributed by atoms with van der Waals surface area (Å²) in [6.07, 6.45) is 10.8. The molecule has 0 unspecified atom stereocenters. The molecule has 0 spiro atoms. The zero-order valence-corrected chi connectivity index (χ0v) is 10.8. The first-order chi connectivity index (χ1) is 8.35. The van der Waals surface area contributed by atoms with Gasteiger partial charge in [-0.3, -0.25) is 0 Å². The quantitative estimate of drug-likeness (QED) is 0.816. The van der Waals surface area contributed by atoms with Crippen molar-refractivity contribution in [3.8, 4) is 0 Å². The van der Waals surface area contributed by atoms with Crippen LogP contribution in [-0.4, -0.2) is 6.54 Å². The Morgan fingerprint density at radius 2 is 1.65 bits per heavy atom. The average Bonchev–Trinajstić information content (AvgIpc) is 2.39. The molecule has 94 valence electrons. The largest absolute Gasteiger partial charge is 0.330 e. The van der Waals surface area contributed by atoms with E-state index in [9.17, 15) is 0 Å². The lowest BCUT2D eigenvalue weighted by molar-refractivity contribution is 0.161. The third-order valence-corrected chi connectivity index (χ3v) is 4.38. The Bertz CT molecular complexity index is 306. The predicted octanol–water partition coefficient (Wildman–Crippen LogP) is 3.92. The maximum absolute atomic E-state index is 5.81. The van der Waals surface area contributed by atoms with E-state index in [2.05, 4.69) is 30.3 Å². The molecule has 0 saturated heterocycles. The lowest BCUT2D eigenvalue weighted by Gasteiger charge is -2.37. The molecule has 1 aliphatic rings. The van der Waals surface area contributed by atoms with Crippen molar-refractivity contribution >= 4 is 0 Å². The maximum atomic E-state index is 5.81. The monoisotopic (exact) mass is 231 g/mol. The zero-order valence-electron chi connectivity index (χ0n) is 10.8. The number of nitrogens with two attached hydrogens (primary N) is 1. The first kappa shape index (κ1) is 12.6. The lowest BCUT2D eigenvalue weighted by Crippen LogP contribution is -2.27. The smallest absolute Gasteiger partial charge is 0.00720 e. The van der Waals surface area contributed by atoms with Gasteiger partial charge >= 0.3 is 0 Å². The van der Waals surface area contributed by atoms with E-state index >= 15 is 0 Å². The Morgan fingerprint density at radius 1 is 0.941 bits per heavy atom. The van der Waals surface area contributed by atoms with Gasteiger partial charge in [0.25, 0.3) is 0 Å². The molecule has 0 atom stereocenters. The summed E-state index contributed by atoms with van der Waals surface area (Å²) in [5.74, 6) is 0. The molecule has 1 heteroatoms. The highest BCUT2D eigenvalue weighted by Crippen LogP contribution is 2.42. The van der Waals surface area contributed by atoms with Gasteiger partial charge in [0.2, 0.25) is 0 Å². The van der Waals surface area contributed by atoms with E-state index < -0.39 is 0 Å². The Hall–Kier alpha value is -0.820. The summed E-state index contributed by atoms with van der Waals surface area (Å²) in [4.78, 5) is 0. The van der Waals surface area contributed by atoms with Crippen LogP contribution in [0.4, 0.5) is 0 Å². The maximum Gasteiger partial charge on any atom is -0.00720 e. The average molecular weight is 231 g/mol. The number of rotatable bonds is 5. The van der Waals surface area contributed by atoms with Crippen LogP contribution in [0.2, 0.25) is 0 Å². The first-order valence-electron chi connectivity index (χ1n) is 7.09. The summed E-state index contributed by atoms with van der Waals surface area (Å²) in [6.45, 7) is 0.856. The molecule has 2 N–H and O–H groups in total. The van der Waals surface area contributed by atoms with Crippen LogP contribution in [0.15, 0.2) is 30.3 Å². The second-order valence-electron chi connectivity index (χ2n) is 5.58. The third kappa shape index (κ3) is 3.57. The van der Waals surface area contributed by atoms with Crippen molar-refractivity contribution in [2.45, 2.75) is 51.4 Å². The molecule has 0 aliphatic heterocycles. The van der Waals surface area contributed by atoms with Crippen molar-refractivity contribution in [3.05, 3.63) is 35.9 Å². The second kappa shape index (κ2) is 6.20. The fraction of sp³-hybridized carbons (Fsp3) is 0.625. The molecule has 1 fully saturated rings. The summed E-state index contributed by atoms with van der Waals surface area (Å²) in [7, 11) is 0. The van der Waals surface area contributed by atoms with Gasteiger partial charge in [-0.2, -0.15) is 0 Å². The Balaban J connectivity index is 1.93. The minimum atomic E-state index is 0.558. The normalized spacial score (nSPS) is 19.1. The Kier molecular flexibility index (Phi) is 4.61. The molecular weight excluding hydrogens is 206 g/mol. The number of hydrogen-bond acceptors (Lipinski definition) is 1. The summed E-state index contributed by atoms with van der Waals surface area (Å²) in [5, 5.41) is 0. The van der Waals surface area contributed by atoms with Crippen LogP contribution >= 0.6 is 0 Å². The summed E-state index contributed by atoms with van der Waals surface area (Å²) < 4.78 is 0. The molecule has 0 bridgehead atoms. The van der Waals surface area contributed by atoms with Gasteiger partial charge in [0.05, 0.1) is 0 Å². The topological polar surface area (TPSA) is 26.0 Å². The number of hydrogen-bond donors (Lipinski definition) is 1. The molecular formula is C16H25N. The molecule has 0 heterocycles. The SMILES string of the molecule is NCCC1(CCc2ccccc2)CCCCC1.